The summed E-state index contributed by atoms with van der Waals surface area (Å²) in [7, 11) is 2.06. The molecule has 0 saturated carbocycles. The van der Waals surface area contributed by atoms with Crippen LogP contribution in [0.5, 0.6) is 0 Å². The maximum Gasteiger partial charge on any atom is 0.219 e. The van der Waals surface area contributed by atoms with Crippen LogP contribution in [0, 0.1) is 0 Å². The number of nitrogens with zero attached hydrogens (tertiary/aromatic N) is 2. The molecule has 0 aliphatic carbocycles. The Morgan fingerprint density at radius 2 is 2.36 bits per heavy atom. The Morgan fingerprint density at radius 1 is 1.64 bits per heavy atom. The largest absolute Gasteiger partial charge is 0.339 e. The van der Waals surface area contributed by atoms with Gasteiger partial charge in [0.05, 0.1) is 0 Å². The fraction of sp³-hybridized carbons (Fsp3) is 0.900. The molecule has 1 aliphatic rings. The van der Waals surface area contributed by atoms with Gasteiger partial charge >= 0.3 is 0 Å². The molecule has 1 rings (SSSR count). The van der Waals surface area contributed by atoms with Crippen LogP contribution in [-0.2, 0) is 4.79 Å². The van der Waals surface area contributed by atoms with E-state index in [-0.39, 0.29) is 5.91 Å². The fourth-order valence-corrected chi connectivity index (χ4v) is 2.11. The summed E-state index contributed by atoms with van der Waals surface area (Å²) in [5, 5.41) is 0. The van der Waals surface area contributed by atoms with E-state index in [2.05, 4.69) is 11.9 Å². The molecule has 0 aromatic heterocycles. The van der Waals surface area contributed by atoms with Gasteiger partial charge in [-0.2, -0.15) is 0 Å². The third-order valence-corrected chi connectivity index (χ3v) is 2.81. The number of nitrogens with two attached hydrogens (primary N) is 1. The van der Waals surface area contributed by atoms with Gasteiger partial charge in [0, 0.05) is 39.1 Å². The van der Waals surface area contributed by atoms with Crippen molar-refractivity contribution >= 4 is 5.91 Å². The monoisotopic (exact) mass is 199 g/mol. The Labute approximate surface area is 86.0 Å². The van der Waals surface area contributed by atoms with E-state index in [0.29, 0.717) is 12.6 Å². The first kappa shape index (κ1) is 11.5. The summed E-state index contributed by atoms with van der Waals surface area (Å²) >= 11 is 0. The Hall–Kier alpha value is -0.610. The molecule has 14 heavy (non-hydrogen) atoms. The summed E-state index contributed by atoms with van der Waals surface area (Å²) in [6.07, 6.45) is 2.27. The van der Waals surface area contributed by atoms with Crippen LogP contribution in [0.25, 0.3) is 0 Å². The highest BCUT2D eigenvalue weighted by atomic mass is 16.2. The van der Waals surface area contributed by atoms with Gasteiger partial charge in [0.2, 0.25) is 5.91 Å². The number of hydrogen-bond donors (Lipinski definition) is 1. The molecule has 0 bridgehead atoms. The van der Waals surface area contributed by atoms with E-state index in [4.69, 9.17) is 5.73 Å². The molecular weight excluding hydrogens is 178 g/mol. The van der Waals surface area contributed by atoms with E-state index in [1.165, 1.54) is 0 Å². The fourth-order valence-electron chi connectivity index (χ4n) is 2.11. The van der Waals surface area contributed by atoms with E-state index in [0.717, 1.165) is 32.5 Å². The third-order valence-electron chi connectivity index (χ3n) is 2.81. The Bertz CT molecular complexity index is 196. The van der Waals surface area contributed by atoms with Crippen LogP contribution < -0.4 is 5.73 Å². The van der Waals surface area contributed by atoms with E-state index < -0.39 is 0 Å². The minimum absolute atomic E-state index is 0.202. The van der Waals surface area contributed by atoms with Crippen molar-refractivity contribution in [1.29, 1.82) is 0 Å². The summed E-state index contributed by atoms with van der Waals surface area (Å²) in [5.74, 6) is 0.202. The van der Waals surface area contributed by atoms with E-state index in [1.54, 1.807) is 6.92 Å². The van der Waals surface area contributed by atoms with Crippen molar-refractivity contribution in [1.82, 2.24) is 9.80 Å². The summed E-state index contributed by atoms with van der Waals surface area (Å²) in [6, 6.07) is 0.407. The number of likely N-dealkylation sites (tertiary alicyclic amines) is 1. The number of amides is 1. The second-order valence-corrected chi connectivity index (χ2v) is 4.06. The maximum atomic E-state index is 11.3. The summed E-state index contributed by atoms with van der Waals surface area (Å²) in [6.45, 7) is 5.13. The van der Waals surface area contributed by atoms with Crippen LogP contribution in [0.15, 0.2) is 0 Å². The summed E-state index contributed by atoms with van der Waals surface area (Å²) < 4.78 is 0. The van der Waals surface area contributed by atoms with Crippen molar-refractivity contribution in [2.24, 2.45) is 5.73 Å². The molecule has 1 atom stereocenters. The molecule has 0 aromatic rings. The lowest BCUT2D eigenvalue weighted by atomic mass is 10.2. The zero-order valence-corrected chi connectivity index (χ0v) is 9.20. The van der Waals surface area contributed by atoms with Gasteiger partial charge in [0.25, 0.3) is 0 Å². The molecule has 0 aromatic carbocycles. The molecule has 4 nitrogen and oxygen atoms in total. The normalized spacial score (nSPS) is 22.0. The first-order valence-corrected chi connectivity index (χ1v) is 5.31. The second-order valence-electron chi connectivity index (χ2n) is 4.06. The number of rotatable bonds is 4. The van der Waals surface area contributed by atoms with E-state index in [9.17, 15) is 4.79 Å². The molecule has 4 heteroatoms. The Morgan fingerprint density at radius 3 is 2.93 bits per heavy atom. The predicted octanol–water partition coefficient (Wildman–Crippen LogP) is -0.112. The van der Waals surface area contributed by atoms with Crippen LogP contribution in [0.3, 0.4) is 0 Å². The third kappa shape index (κ3) is 2.96. The van der Waals surface area contributed by atoms with Crippen LogP contribution in [0.2, 0.25) is 0 Å². The lowest BCUT2D eigenvalue weighted by molar-refractivity contribution is -0.129. The van der Waals surface area contributed by atoms with Crippen molar-refractivity contribution < 1.29 is 4.79 Å². The van der Waals surface area contributed by atoms with Gasteiger partial charge < -0.3 is 15.5 Å². The molecule has 1 heterocycles. The standard InChI is InChI=1S/C10H21N3O/c1-9(14)13-6-3-4-10(13)8-12(2)7-5-11/h10H,3-8,11H2,1-2H3/t10-/m0/s1. The van der Waals surface area contributed by atoms with Gasteiger partial charge in [0.15, 0.2) is 0 Å². The summed E-state index contributed by atoms with van der Waals surface area (Å²) in [4.78, 5) is 15.5. The van der Waals surface area contributed by atoms with Crippen molar-refractivity contribution in [2.75, 3.05) is 33.2 Å². The van der Waals surface area contributed by atoms with Gasteiger partial charge in [-0.1, -0.05) is 0 Å². The molecular formula is C10H21N3O. The van der Waals surface area contributed by atoms with Gasteiger partial charge in [-0.05, 0) is 19.9 Å². The van der Waals surface area contributed by atoms with E-state index in [1.807, 2.05) is 4.90 Å². The van der Waals surface area contributed by atoms with Crippen molar-refractivity contribution in [3.8, 4) is 0 Å². The molecule has 0 spiro atoms. The molecule has 1 aliphatic heterocycles. The van der Waals surface area contributed by atoms with E-state index >= 15 is 0 Å². The van der Waals surface area contributed by atoms with Crippen molar-refractivity contribution in [3.63, 3.8) is 0 Å². The smallest absolute Gasteiger partial charge is 0.219 e. The number of likely N-dealkylation sites (N-methyl/N-ethyl adjacent to an activating group) is 1. The maximum absolute atomic E-state index is 11.3. The SMILES string of the molecule is CC(=O)N1CCC[C@H]1CN(C)CCN. The molecule has 82 valence electrons. The van der Waals surface area contributed by atoms with Gasteiger partial charge in [-0.25, -0.2) is 0 Å². The second kappa shape index (κ2) is 5.32. The molecule has 2 N–H and O–H groups in total. The zero-order chi connectivity index (χ0) is 10.6. The first-order valence-electron chi connectivity index (χ1n) is 5.31. The van der Waals surface area contributed by atoms with Crippen LogP contribution in [0.4, 0.5) is 0 Å². The number of carbonyl (C=O) groups is 1. The van der Waals surface area contributed by atoms with Crippen LogP contribution in [-0.4, -0.2) is 55.0 Å². The van der Waals surface area contributed by atoms with Crippen molar-refractivity contribution in [2.45, 2.75) is 25.8 Å². The average Bonchev–Trinajstić information content (AvgIpc) is 2.52. The number of hydrogen-bond acceptors (Lipinski definition) is 3. The molecule has 1 fully saturated rings. The predicted molar refractivity (Wildman–Crippen MR) is 57.0 cm³/mol. The van der Waals surface area contributed by atoms with Crippen molar-refractivity contribution in [3.05, 3.63) is 0 Å². The van der Waals surface area contributed by atoms with Crippen LogP contribution >= 0.6 is 0 Å². The summed E-state index contributed by atoms with van der Waals surface area (Å²) in [5.41, 5.74) is 5.48. The zero-order valence-electron chi connectivity index (χ0n) is 9.20. The topological polar surface area (TPSA) is 49.6 Å². The minimum atomic E-state index is 0.202. The quantitative estimate of drug-likeness (QED) is 0.687. The Kier molecular flexibility index (Phi) is 4.35. The molecule has 0 radical (unpaired) electrons. The highest BCUT2D eigenvalue weighted by Crippen LogP contribution is 2.17. The first-order chi connectivity index (χ1) is 6.65. The van der Waals surface area contributed by atoms with Crippen LogP contribution in [0.1, 0.15) is 19.8 Å². The van der Waals surface area contributed by atoms with Gasteiger partial charge in [-0.3, -0.25) is 4.79 Å². The highest BCUT2D eigenvalue weighted by molar-refractivity contribution is 5.73. The lowest BCUT2D eigenvalue weighted by Gasteiger charge is -2.27. The average molecular weight is 199 g/mol. The Balaban J connectivity index is 2.39. The molecule has 1 saturated heterocycles. The van der Waals surface area contributed by atoms with Gasteiger partial charge in [-0.15, -0.1) is 0 Å². The molecule has 1 amide bonds. The minimum Gasteiger partial charge on any atom is -0.339 e. The lowest BCUT2D eigenvalue weighted by Crippen LogP contribution is -2.42. The number of carbonyl (C=O) groups excluding carboxylic acids is 1. The highest BCUT2D eigenvalue weighted by Gasteiger charge is 2.26. The van der Waals surface area contributed by atoms with Gasteiger partial charge in [0.1, 0.15) is 0 Å². The molecule has 0 unspecified atom stereocenters.